The quantitative estimate of drug-likeness (QED) is 0.186. The lowest BCUT2D eigenvalue weighted by atomic mass is 10.0. The number of aliphatic imine (C=N–C) groups is 1. The molecule has 0 saturated carbocycles. The highest BCUT2D eigenvalue weighted by Crippen LogP contribution is 2.44. The van der Waals surface area contributed by atoms with E-state index in [0.717, 1.165) is 99.2 Å². The van der Waals surface area contributed by atoms with Crippen LogP contribution in [0.1, 0.15) is 17.0 Å². The first-order valence-corrected chi connectivity index (χ1v) is 19.2. The summed E-state index contributed by atoms with van der Waals surface area (Å²) in [7, 11) is 0. The number of fused-ring (bicyclic) bond motifs is 8. The van der Waals surface area contributed by atoms with E-state index in [1.165, 1.54) is 0 Å². The zero-order valence-electron chi connectivity index (χ0n) is 29.8. The maximum absolute atomic E-state index is 5.52. The molecule has 2 aliphatic rings. The third-order valence-electron chi connectivity index (χ3n) is 10.1. The molecule has 8 bridgehead atoms. The first-order valence-electron chi connectivity index (χ1n) is 18.4. The number of rotatable bonds is 5. The largest absolute Gasteiger partial charge is 0.354 e. The average Bonchev–Trinajstić information content (AvgIpc) is 4.08. The summed E-state index contributed by atoms with van der Waals surface area (Å²) in [5.41, 5.74) is 16.3. The normalized spacial score (nSPS) is 12.1. The van der Waals surface area contributed by atoms with E-state index in [2.05, 4.69) is 204 Å². The van der Waals surface area contributed by atoms with Crippen molar-refractivity contribution in [1.29, 1.82) is 0 Å². The summed E-state index contributed by atoms with van der Waals surface area (Å²) in [5, 5.41) is 0.937. The van der Waals surface area contributed by atoms with Crippen LogP contribution in [0.2, 0.25) is 0 Å². The molecule has 0 fully saturated rings. The van der Waals surface area contributed by atoms with E-state index in [0.29, 0.717) is 0 Å². The van der Waals surface area contributed by atoms with Crippen molar-refractivity contribution in [2.24, 2.45) is 4.99 Å². The first-order chi connectivity index (χ1) is 27.3. The summed E-state index contributed by atoms with van der Waals surface area (Å²) < 4.78 is 0. The lowest BCUT2D eigenvalue weighted by Crippen LogP contribution is -1.95. The van der Waals surface area contributed by atoms with Gasteiger partial charge in [-0.25, -0.2) is 9.98 Å². The molecule has 8 aromatic rings. The maximum atomic E-state index is 5.52. The Hall–Kier alpha value is -6.95. The molecule has 55 heavy (non-hydrogen) atoms. The van der Waals surface area contributed by atoms with E-state index in [1.807, 2.05) is 0 Å². The summed E-state index contributed by atoms with van der Waals surface area (Å²) in [4.78, 5) is 19.8. The number of aromatic nitrogens is 3. The molecule has 10 rings (SSSR count). The Bertz CT molecular complexity index is 2910. The number of benzene rings is 5. The Labute approximate surface area is 323 Å². The number of aromatic amines is 2. The van der Waals surface area contributed by atoms with Crippen LogP contribution in [0.4, 0.5) is 5.69 Å². The van der Waals surface area contributed by atoms with Crippen LogP contribution in [0, 0.1) is 0 Å². The molecule has 5 heterocycles. The molecular weight excluding hydrogens is 689 g/mol. The minimum atomic E-state index is 0.895. The van der Waals surface area contributed by atoms with E-state index >= 15 is 0 Å². The van der Waals surface area contributed by atoms with Crippen LogP contribution < -0.4 is 0 Å². The van der Waals surface area contributed by atoms with Gasteiger partial charge in [-0.05, 0) is 76.9 Å². The van der Waals surface area contributed by atoms with Crippen LogP contribution in [0.15, 0.2) is 192 Å². The number of nitrogens with one attached hydrogen (secondary N) is 2. The second kappa shape index (κ2) is 14.1. The number of H-pyrrole nitrogens is 2. The Morgan fingerprint density at radius 2 is 0.764 bits per heavy atom. The average molecular weight is 723 g/mol. The summed E-state index contributed by atoms with van der Waals surface area (Å²) in [5.74, 6) is 0. The Kier molecular flexibility index (Phi) is 8.39. The van der Waals surface area contributed by atoms with Gasteiger partial charge in [-0.2, -0.15) is 0 Å². The molecule has 0 amide bonds. The summed E-state index contributed by atoms with van der Waals surface area (Å²) >= 11 is 1.69. The minimum Gasteiger partial charge on any atom is -0.354 e. The molecule has 0 atom stereocenters. The third kappa shape index (κ3) is 6.21. The second-order valence-corrected chi connectivity index (χ2v) is 14.6. The van der Waals surface area contributed by atoms with Gasteiger partial charge >= 0.3 is 0 Å². The zero-order chi connectivity index (χ0) is 36.6. The fourth-order valence-electron chi connectivity index (χ4n) is 7.60. The van der Waals surface area contributed by atoms with Gasteiger partial charge in [0.25, 0.3) is 0 Å². The van der Waals surface area contributed by atoms with Gasteiger partial charge in [-0.15, -0.1) is 0 Å². The van der Waals surface area contributed by atoms with Gasteiger partial charge in [0.05, 0.1) is 17.1 Å². The fourth-order valence-corrected chi connectivity index (χ4v) is 8.53. The number of hydrogen-bond acceptors (Lipinski definition) is 3. The third-order valence-corrected chi connectivity index (χ3v) is 11.1. The summed E-state index contributed by atoms with van der Waals surface area (Å²) in [6.07, 6.45) is 4.29. The predicted molar refractivity (Wildman–Crippen MR) is 232 cm³/mol. The van der Waals surface area contributed by atoms with Gasteiger partial charge < -0.3 is 9.97 Å². The van der Waals surface area contributed by atoms with Crippen molar-refractivity contribution in [2.45, 2.75) is 4.90 Å². The van der Waals surface area contributed by atoms with E-state index in [1.54, 1.807) is 11.8 Å². The minimum absolute atomic E-state index is 0.895. The van der Waals surface area contributed by atoms with Crippen LogP contribution in [0.25, 0.3) is 78.7 Å². The molecule has 2 aliphatic heterocycles. The zero-order valence-corrected chi connectivity index (χ0v) is 30.6. The van der Waals surface area contributed by atoms with Crippen molar-refractivity contribution < 1.29 is 0 Å². The highest BCUT2D eigenvalue weighted by Gasteiger charge is 2.23. The van der Waals surface area contributed by atoms with Crippen LogP contribution in [-0.4, -0.2) is 20.0 Å². The molecule has 5 heteroatoms. The van der Waals surface area contributed by atoms with Crippen molar-refractivity contribution in [2.75, 3.05) is 0 Å². The fraction of sp³-hybridized carbons (Fsp3) is 0. The lowest BCUT2D eigenvalue weighted by Gasteiger charge is -2.09. The van der Waals surface area contributed by atoms with Crippen LogP contribution >= 0.6 is 11.8 Å². The molecule has 4 nitrogen and oxygen atoms in total. The van der Waals surface area contributed by atoms with Crippen LogP contribution in [0.5, 0.6) is 0 Å². The topological polar surface area (TPSA) is 56.8 Å². The van der Waals surface area contributed by atoms with Crippen molar-refractivity contribution >= 4 is 56.7 Å². The molecule has 0 saturated heterocycles. The molecule has 5 aromatic carbocycles. The van der Waals surface area contributed by atoms with E-state index in [4.69, 9.17) is 9.98 Å². The first kappa shape index (κ1) is 32.7. The molecule has 3 aromatic heterocycles. The van der Waals surface area contributed by atoms with Crippen molar-refractivity contribution in [3.05, 3.63) is 199 Å². The lowest BCUT2D eigenvalue weighted by molar-refractivity contribution is 1.32. The monoisotopic (exact) mass is 722 g/mol. The second-order valence-electron chi connectivity index (χ2n) is 13.5. The number of thioether (sulfide) groups is 1. The van der Waals surface area contributed by atoms with E-state index in [-0.39, 0.29) is 0 Å². The SMILES string of the molecule is C1=Cc2nc1c(-c1ccccc1)c1ccc([nH]1)c(-c1ccccc1)c1cc(c(-c3ccccc3)c3ccc([nH]3)c2-c2ccccc2)C(Sc2ccccc2)=N1. The van der Waals surface area contributed by atoms with Crippen molar-refractivity contribution in [3.63, 3.8) is 0 Å². The summed E-state index contributed by atoms with van der Waals surface area (Å²) in [6, 6.07) is 63.8. The number of hydrogen-bond donors (Lipinski definition) is 2. The van der Waals surface area contributed by atoms with Crippen LogP contribution in [-0.2, 0) is 0 Å². The molecular formula is C50H34N4S. The van der Waals surface area contributed by atoms with Gasteiger partial charge in [0.2, 0.25) is 0 Å². The standard InChI is InChI=1S/C50H34N4S/c1-6-16-33(17-7-1)46-38-32-45(54-50(38)55-37-24-14-5-15-25-37)49(36-22-12-4-13-23-36)44-31-30-43(53-44)48(35-20-10-3-11-21-35)42-29-28-41(52-42)47(34-18-8-2-9-19-34)40-27-26-39(46)51-40/h1-32,51,53H. The Morgan fingerprint density at radius 3 is 1.24 bits per heavy atom. The van der Waals surface area contributed by atoms with Gasteiger partial charge in [0, 0.05) is 54.8 Å². The van der Waals surface area contributed by atoms with Crippen molar-refractivity contribution in [3.8, 4) is 44.5 Å². The smallest absolute Gasteiger partial charge is 0.109 e. The van der Waals surface area contributed by atoms with Gasteiger partial charge in [0.1, 0.15) is 5.04 Å². The van der Waals surface area contributed by atoms with E-state index < -0.39 is 0 Å². The molecule has 0 spiro atoms. The molecule has 0 radical (unpaired) electrons. The predicted octanol–water partition coefficient (Wildman–Crippen LogP) is 13.6. The van der Waals surface area contributed by atoms with Gasteiger partial charge in [-0.3, -0.25) is 0 Å². The van der Waals surface area contributed by atoms with Crippen LogP contribution in [0.3, 0.4) is 0 Å². The van der Waals surface area contributed by atoms with E-state index in [9.17, 15) is 0 Å². The molecule has 0 unspecified atom stereocenters. The highest BCUT2D eigenvalue weighted by atomic mass is 32.2. The number of nitrogens with zero attached hydrogens (tertiary/aromatic N) is 2. The Balaban J connectivity index is 1.41. The molecule has 2 N–H and O–H groups in total. The maximum Gasteiger partial charge on any atom is 0.109 e. The van der Waals surface area contributed by atoms with Gasteiger partial charge in [-0.1, -0.05) is 151 Å². The molecule has 0 aliphatic carbocycles. The molecule has 260 valence electrons. The Morgan fingerprint density at radius 1 is 0.382 bits per heavy atom. The summed E-state index contributed by atoms with van der Waals surface area (Å²) in [6.45, 7) is 0. The van der Waals surface area contributed by atoms with Crippen molar-refractivity contribution in [1.82, 2.24) is 15.0 Å². The highest BCUT2D eigenvalue weighted by molar-refractivity contribution is 8.14. The van der Waals surface area contributed by atoms with Gasteiger partial charge in [0.15, 0.2) is 0 Å².